The Morgan fingerprint density at radius 2 is 1.87 bits per heavy atom. The lowest BCUT2D eigenvalue weighted by molar-refractivity contribution is -0.389. The minimum Gasteiger partial charge on any atom is -0.258 e. The Bertz CT molecular complexity index is 418. The highest BCUT2D eigenvalue weighted by molar-refractivity contribution is 14.1. The molecular weight excluding hydrogens is 333 g/mol. The second-order valence-corrected chi connectivity index (χ2v) is 3.70. The highest BCUT2D eigenvalue weighted by atomic mass is 127. The van der Waals surface area contributed by atoms with E-state index in [4.69, 9.17) is 0 Å². The molecule has 3 nitrogen and oxygen atoms in total. The Balaban J connectivity index is 3.54. The lowest BCUT2D eigenvalue weighted by Crippen LogP contribution is -2.10. The van der Waals surface area contributed by atoms with Gasteiger partial charge in [-0.05, 0) is 34.7 Å². The SMILES string of the molecule is O=[N+]([O-])c1c(I)cc(F)cc1C(F)(F)F. The van der Waals surface area contributed by atoms with Crippen LogP contribution in [-0.2, 0) is 6.18 Å². The first-order valence-corrected chi connectivity index (χ1v) is 4.52. The molecule has 82 valence electrons. The molecule has 0 saturated carbocycles. The Morgan fingerprint density at radius 3 is 2.27 bits per heavy atom. The first kappa shape index (κ1) is 12.1. The summed E-state index contributed by atoms with van der Waals surface area (Å²) in [5.74, 6) is -1.16. The van der Waals surface area contributed by atoms with Crippen molar-refractivity contribution >= 4 is 28.3 Å². The molecule has 0 atom stereocenters. The van der Waals surface area contributed by atoms with Gasteiger partial charge in [0.05, 0.1) is 8.49 Å². The number of hydrogen-bond donors (Lipinski definition) is 0. The van der Waals surface area contributed by atoms with Crippen LogP contribution in [0.5, 0.6) is 0 Å². The van der Waals surface area contributed by atoms with Gasteiger partial charge >= 0.3 is 6.18 Å². The van der Waals surface area contributed by atoms with E-state index in [2.05, 4.69) is 0 Å². The van der Waals surface area contributed by atoms with Crippen molar-refractivity contribution in [3.63, 3.8) is 0 Å². The lowest BCUT2D eigenvalue weighted by Gasteiger charge is -2.08. The van der Waals surface area contributed by atoms with Crippen LogP contribution >= 0.6 is 22.6 Å². The van der Waals surface area contributed by atoms with Gasteiger partial charge in [0.25, 0.3) is 5.69 Å². The van der Waals surface area contributed by atoms with Gasteiger partial charge in [-0.25, -0.2) is 4.39 Å². The maximum absolute atomic E-state index is 12.7. The van der Waals surface area contributed by atoms with Crippen LogP contribution in [0.15, 0.2) is 12.1 Å². The van der Waals surface area contributed by atoms with E-state index < -0.39 is 28.2 Å². The monoisotopic (exact) mass is 335 g/mol. The van der Waals surface area contributed by atoms with Crippen molar-refractivity contribution < 1.29 is 22.5 Å². The molecule has 0 spiro atoms. The molecule has 0 unspecified atom stereocenters. The number of nitro benzene ring substituents is 1. The van der Waals surface area contributed by atoms with E-state index in [0.717, 1.165) is 0 Å². The predicted molar refractivity (Wildman–Crippen MR) is 50.8 cm³/mol. The third-order valence-corrected chi connectivity index (χ3v) is 2.34. The molecule has 0 aromatic heterocycles. The van der Waals surface area contributed by atoms with E-state index in [-0.39, 0.29) is 9.64 Å². The van der Waals surface area contributed by atoms with Gasteiger partial charge in [-0.15, -0.1) is 0 Å². The molecule has 1 rings (SSSR count). The average molecular weight is 335 g/mol. The van der Waals surface area contributed by atoms with Crippen LogP contribution in [0.25, 0.3) is 0 Å². The van der Waals surface area contributed by atoms with Gasteiger partial charge in [-0.3, -0.25) is 10.1 Å². The Labute approximate surface area is 94.4 Å². The fraction of sp³-hybridized carbons (Fsp3) is 0.143. The zero-order valence-corrected chi connectivity index (χ0v) is 8.97. The van der Waals surface area contributed by atoms with Crippen LogP contribution in [-0.4, -0.2) is 4.92 Å². The second kappa shape index (κ2) is 3.91. The highest BCUT2D eigenvalue weighted by Crippen LogP contribution is 2.38. The van der Waals surface area contributed by atoms with Crippen molar-refractivity contribution in [2.75, 3.05) is 0 Å². The van der Waals surface area contributed by atoms with Crippen LogP contribution < -0.4 is 0 Å². The van der Waals surface area contributed by atoms with E-state index >= 15 is 0 Å². The van der Waals surface area contributed by atoms with Crippen LogP contribution in [0.3, 0.4) is 0 Å². The zero-order valence-electron chi connectivity index (χ0n) is 6.81. The Morgan fingerprint density at radius 1 is 1.33 bits per heavy atom. The highest BCUT2D eigenvalue weighted by Gasteiger charge is 2.40. The van der Waals surface area contributed by atoms with Crippen molar-refractivity contribution in [1.29, 1.82) is 0 Å². The van der Waals surface area contributed by atoms with E-state index in [1.807, 2.05) is 0 Å². The van der Waals surface area contributed by atoms with Gasteiger partial charge in [-0.1, -0.05) is 0 Å². The molecule has 1 aromatic rings. The summed E-state index contributed by atoms with van der Waals surface area (Å²) in [6.45, 7) is 0. The molecule has 0 heterocycles. The van der Waals surface area contributed by atoms with E-state index in [1.54, 1.807) is 0 Å². The fourth-order valence-electron chi connectivity index (χ4n) is 0.968. The lowest BCUT2D eigenvalue weighted by atomic mass is 10.1. The average Bonchev–Trinajstić information content (AvgIpc) is 1.99. The first-order valence-electron chi connectivity index (χ1n) is 3.44. The van der Waals surface area contributed by atoms with Gasteiger partial charge in [-0.2, -0.15) is 13.2 Å². The molecule has 0 aliphatic rings. The van der Waals surface area contributed by atoms with Crippen molar-refractivity contribution in [3.8, 4) is 0 Å². The van der Waals surface area contributed by atoms with Crippen LogP contribution in [0.2, 0.25) is 0 Å². The smallest absolute Gasteiger partial charge is 0.258 e. The first-order chi connectivity index (χ1) is 6.73. The predicted octanol–water partition coefficient (Wildman–Crippen LogP) is 3.36. The molecule has 0 N–H and O–H groups in total. The van der Waals surface area contributed by atoms with Crippen LogP contribution in [0, 0.1) is 19.5 Å². The zero-order chi connectivity index (χ0) is 11.8. The van der Waals surface area contributed by atoms with Crippen LogP contribution in [0.4, 0.5) is 23.2 Å². The molecule has 15 heavy (non-hydrogen) atoms. The molecule has 0 fully saturated rings. The van der Waals surface area contributed by atoms with Gasteiger partial charge in [0.1, 0.15) is 11.4 Å². The van der Waals surface area contributed by atoms with Crippen molar-refractivity contribution in [3.05, 3.63) is 37.2 Å². The Kier molecular flexibility index (Phi) is 3.16. The number of benzene rings is 1. The van der Waals surface area contributed by atoms with E-state index in [1.165, 1.54) is 22.6 Å². The van der Waals surface area contributed by atoms with E-state index in [0.29, 0.717) is 6.07 Å². The molecule has 0 bridgehead atoms. The summed E-state index contributed by atoms with van der Waals surface area (Å²) in [6.07, 6.45) is -4.94. The van der Waals surface area contributed by atoms with Crippen molar-refractivity contribution in [2.24, 2.45) is 0 Å². The van der Waals surface area contributed by atoms with Crippen LogP contribution in [0.1, 0.15) is 5.56 Å². The number of nitrogens with zero attached hydrogens (tertiary/aromatic N) is 1. The fourth-order valence-corrected chi connectivity index (χ4v) is 1.75. The van der Waals surface area contributed by atoms with Gasteiger partial charge in [0.15, 0.2) is 0 Å². The molecule has 0 aliphatic carbocycles. The van der Waals surface area contributed by atoms with Gasteiger partial charge < -0.3 is 0 Å². The third kappa shape index (κ3) is 2.55. The topological polar surface area (TPSA) is 43.1 Å². The summed E-state index contributed by atoms with van der Waals surface area (Å²) in [6, 6.07) is 0.786. The van der Waals surface area contributed by atoms with Gasteiger partial charge in [0.2, 0.25) is 0 Å². The quantitative estimate of drug-likeness (QED) is 0.342. The molecular formula is C7H2F4INO2. The van der Waals surface area contributed by atoms with Gasteiger partial charge in [0, 0.05) is 0 Å². The molecule has 8 heteroatoms. The molecule has 0 radical (unpaired) electrons. The van der Waals surface area contributed by atoms with E-state index in [9.17, 15) is 27.7 Å². The molecule has 0 aliphatic heterocycles. The number of hydrogen-bond acceptors (Lipinski definition) is 2. The molecule has 0 amide bonds. The number of halogens is 5. The summed E-state index contributed by atoms with van der Waals surface area (Å²) in [5, 5.41) is 10.4. The normalized spacial score (nSPS) is 11.5. The second-order valence-electron chi connectivity index (χ2n) is 2.54. The van der Waals surface area contributed by atoms with Crippen molar-refractivity contribution in [2.45, 2.75) is 6.18 Å². The summed E-state index contributed by atoms with van der Waals surface area (Å²) < 4.78 is 49.2. The maximum atomic E-state index is 12.7. The summed E-state index contributed by atoms with van der Waals surface area (Å²) >= 11 is 1.29. The summed E-state index contributed by atoms with van der Waals surface area (Å²) in [4.78, 5) is 9.20. The molecule has 0 saturated heterocycles. The maximum Gasteiger partial charge on any atom is 0.423 e. The van der Waals surface area contributed by atoms with Crippen molar-refractivity contribution in [1.82, 2.24) is 0 Å². The summed E-state index contributed by atoms with van der Waals surface area (Å²) in [5.41, 5.74) is -2.69. The molecule has 1 aromatic carbocycles. The Hall–Kier alpha value is -0.930. The largest absolute Gasteiger partial charge is 0.423 e. The minimum atomic E-state index is -4.94. The standard InChI is InChI=1S/C7H2F4INO2/c8-3-1-4(7(9,10)11)6(13(14)15)5(12)2-3/h1-2H. The summed E-state index contributed by atoms with van der Waals surface area (Å²) in [7, 11) is 0. The number of rotatable bonds is 1. The number of alkyl halides is 3. The minimum absolute atomic E-state index is 0.111. The third-order valence-electron chi connectivity index (χ3n) is 1.52. The number of nitro groups is 1.